The van der Waals surface area contributed by atoms with Crippen molar-refractivity contribution in [1.82, 2.24) is 4.98 Å². The van der Waals surface area contributed by atoms with E-state index in [2.05, 4.69) is 20.9 Å². The number of halogens is 1. The molecule has 0 aliphatic carbocycles. The van der Waals surface area contributed by atoms with Gasteiger partial charge in [-0.05, 0) is 47.3 Å². The number of aromatic amines is 1. The summed E-state index contributed by atoms with van der Waals surface area (Å²) in [6.07, 6.45) is 0. The first-order valence-electron chi connectivity index (χ1n) is 5.75. The third kappa shape index (κ3) is 1.93. The quantitative estimate of drug-likeness (QED) is 0.846. The van der Waals surface area contributed by atoms with Gasteiger partial charge in [0.05, 0.1) is 10.9 Å². The molecule has 17 heavy (non-hydrogen) atoms. The molecule has 0 aliphatic heterocycles. The fourth-order valence-electron chi connectivity index (χ4n) is 2.32. The molecule has 0 aliphatic rings. The lowest BCUT2D eigenvalue weighted by Gasteiger charge is -2.13. The van der Waals surface area contributed by atoms with E-state index in [0.29, 0.717) is 0 Å². The highest BCUT2D eigenvalue weighted by molar-refractivity contribution is 9.10. The summed E-state index contributed by atoms with van der Waals surface area (Å²) in [5.41, 5.74) is 4.02. The van der Waals surface area contributed by atoms with Crippen molar-refractivity contribution in [3.8, 4) is 0 Å². The molecule has 1 aromatic heterocycles. The van der Waals surface area contributed by atoms with Gasteiger partial charge < -0.3 is 4.98 Å². The topological polar surface area (TPSA) is 32.9 Å². The molecule has 0 saturated carbocycles. The summed E-state index contributed by atoms with van der Waals surface area (Å²) in [4.78, 5) is 15.9. The second-order valence-corrected chi connectivity index (χ2v) is 5.62. The van der Waals surface area contributed by atoms with E-state index in [1.54, 1.807) is 0 Å². The number of hydrogen-bond acceptors (Lipinski definition) is 1. The van der Waals surface area contributed by atoms with E-state index in [1.165, 1.54) is 0 Å². The van der Waals surface area contributed by atoms with Crippen LogP contribution in [0.15, 0.2) is 21.4 Å². The molecule has 2 nitrogen and oxygen atoms in total. The van der Waals surface area contributed by atoms with Crippen LogP contribution >= 0.6 is 15.9 Å². The van der Waals surface area contributed by atoms with Gasteiger partial charge in [0.1, 0.15) is 0 Å². The number of pyridine rings is 1. The smallest absolute Gasteiger partial charge is 0.194 e. The average molecular weight is 294 g/mol. The van der Waals surface area contributed by atoms with Gasteiger partial charge in [0.2, 0.25) is 0 Å². The summed E-state index contributed by atoms with van der Waals surface area (Å²) in [7, 11) is 0. The van der Waals surface area contributed by atoms with E-state index < -0.39 is 0 Å². The van der Waals surface area contributed by atoms with Crippen molar-refractivity contribution >= 4 is 26.8 Å². The van der Waals surface area contributed by atoms with Crippen LogP contribution in [0.4, 0.5) is 0 Å². The zero-order valence-electron chi connectivity index (χ0n) is 10.5. The summed E-state index contributed by atoms with van der Waals surface area (Å²) in [5.74, 6) is 0.232. The summed E-state index contributed by atoms with van der Waals surface area (Å²) in [5, 5.41) is 0.763. The molecule has 0 radical (unpaired) electrons. The molecule has 0 unspecified atom stereocenters. The minimum Gasteiger partial charge on any atom is -0.358 e. The summed E-state index contributed by atoms with van der Waals surface area (Å²) in [6, 6.07) is 3.95. The highest BCUT2D eigenvalue weighted by Crippen LogP contribution is 2.25. The number of aromatic nitrogens is 1. The van der Waals surface area contributed by atoms with Crippen LogP contribution in [0.5, 0.6) is 0 Å². The highest BCUT2D eigenvalue weighted by Gasteiger charge is 2.15. The normalized spacial score (nSPS) is 11.4. The zero-order valence-corrected chi connectivity index (χ0v) is 12.1. The lowest BCUT2D eigenvalue weighted by molar-refractivity contribution is 0.838. The first-order chi connectivity index (χ1) is 7.93. The zero-order chi connectivity index (χ0) is 12.7. The molecule has 0 fully saturated rings. The van der Waals surface area contributed by atoms with Gasteiger partial charge in [-0.2, -0.15) is 0 Å². The van der Waals surface area contributed by atoms with Gasteiger partial charge in [0, 0.05) is 15.7 Å². The number of fused-ring (bicyclic) bond motifs is 1. The van der Waals surface area contributed by atoms with Crippen LogP contribution < -0.4 is 5.43 Å². The lowest BCUT2D eigenvalue weighted by atomic mass is 9.98. The molecule has 1 N–H and O–H groups in total. The molecular formula is C14H16BrNO. The van der Waals surface area contributed by atoms with Crippen LogP contribution in [-0.4, -0.2) is 4.98 Å². The molecule has 1 aromatic carbocycles. The Kier molecular flexibility index (Phi) is 3.13. The van der Waals surface area contributed by atoms with Gasteiger partial charge in [0.25, 0.3) is 0 Å². The molecule has 2 rings (SSSR count). The van der Waals surface area contributed by atoms with Crippen LogP contribution in [0.2, 0.25) is 0 Å². The molecule has 0 saturated heterocycles. The molecule has 0 atom stereocenters. The van der Waals surface area contributed by atoms with Crippen LogP contribution in [0, 0.1) is 13.8 Å². The van der Waals surface area contributed by atoms with Crippen molar-refractivity contribution in [2.75, 3.05) is 0 Å². The Hall–Kier alpha value is -1.09. The van der Waals surface area contributed by atoms with Crippen LogP contribution in [0.25, 0.3) is 10.9 Å². The second-order valence-electron chi connectivity index (χ2n) is 4.76. The maximum absolute atomic E-state index is 12.5. The third-order valence-electron chi connectivity index (χ3n) is 3.13. The molecule has 90 valence electrons. The Morgan fingerprint density at radius 1 is 1.24 bits per heavy atom. The number of benzene rings is 1. The predicted molar refractivity (Wildman–Crippen MR) is 75.8 cm³/mol. The van der Waals surface area contributed by atoms with Gasteiger partial charge in [-0.3, -0.25) is 4.79 Å². The molecular weight excluding hydrogens is 278 g/mol. The molecule has 2 aromatic rings. The fourth-order valence-corrected chi connectivity index (χ4v) is 2.83. The third-order valence-corrected chi connectivity index (χ3v) is 3.79. The molecule has 3 heteroatoms. The highest BCUT2D eigenvalue weighted by atomic mass is 79.9. The van der Waals surface area contributed by atoms with Gasteiger partial charge in [-0.15, -0.1) is 0 Å². The van der Waals surface area contributed by atoms with E-state index in [1.807, 2.05) is 39.8 Å². The minimum atomic E-state index is 0.141. The maximum Gasteiger partial charge on any atom is 0.194 e. The van der Waals surface area contributed by atoms with Crippen molar-refractivity contribution in [3.63, 3.8) is 0 Å². The van der Waals surface area contributed by atoms with Crippen molar-refractivity contribution in [2.45, 2.75) is 33.6 Å². The van der Waals surface area contributed by atoms with Gasteiger partial charge in [-0.1, -0.05) is 19.9 Å². The summed E-state index contributed by atoms with van der Waals surface area (Å²) < 4.78 is 0.862. The van der Waals surface area contributed by atoms with Gasteiger partial charge in [0.15, 0.2) is 5.43 Å². The summed E-state index contributed by atoms with van der Waals surface area (Å²) in [6.45, 7) is 8.08. The number of aryl methyl sites for hydroxylation is 2. The second kappa shape index (κ2) is 4.30. The van der Waals surface area contributed by atoms with E-state index in [0.717, 1.165) is 32.2 Å². The van der Waals surface area contributed by atoms with E-state index in [4.69, 9.17) is 0 Å². The Balaban J connectivity index is 3.03. The standard InChI is InChI=1S/C14H16BrNO/c1-7(2)11-9(4)16-13-8(3)5-6-10(15)12(13)14(11)17/h5-7H,1-4H3,(H,16,17). The molecule has 0 amide bonds. The SMILES string of the molecule is Cc1[nH]c2c(C)ccc(Br)c2c(=O)c1C(C)C. The van der Waals surface area contributed by atoms with Crippen molar-refractivity contribution in [3.05, 3.63) is 43.6 Å². The number of H-pyrrole nitrogens is 1. The molecule has 0 bridgehead atoms. The van der Waals surface area contributed by atoms with Crippen LogP contribution in [0.1, 0.15) is 36.6 Å². The van der Waals surface area contributed by atoms with Crippen LogP contribution in [-0.2, 0) is 0 Å². The predicted octanol–water partition coefficient (Wildman–Crippen LogP) is 4.03. The average Bonchev–Trinajstić information content (AvgIpc) is 2.22. The van der Waals surface area contributed by atoms with E-state index in [-0.39, 0.29) is 11.3 Å². The Morgan fingerprint density at radius 3 is 2.47 bits per heavy atom. The number of hydrogen-bond donors (Lipinski definition) is 1. The van der Waals surface area contributed by atoms with Crippen molar-refractivity contribution < 1.29 is 0 Å². The van der Waals surface area contributed by atoms with E-state index in [9.17, 15) is 4.79 Å². The van der Waals surface area contributed by atoms with Crippen molar-refractivity contribution in [2.24, 2.45) is 0 Å². The number of rotatable bonds is 1. The van der Waals surface area contributed by atoms with Crippen LogP contribution in [0.3, 0.4) is 0 Å². The first kappa shape index (κ1) is 12.4. The Morgan fingerprint density at radius 2 is 1.88 bits per heavy atom. The van der Waals surface area contributed by atoms with Gasteiger partial charge in [-0.25, -0.2) is 0 Å². The van der Waals surface area contributed by atoms with Crippen molar-refractivity contribution in [1.29, 1.82) is 0 Å². The monoisotopic (exact) mass is 293 g/mol. The maximum atomic E-state index is 12.5. The summed E-state index contributed by atoms with van der Waals surface area (Å²) >= 11 is 3.47. The Bertz CT molecular complexity index is 641. The van der Waals surface area contributed by atoms with E-state index >= 15 is 0 Å². The fraction of sp³-hybridized carbons (Fsp3) is 0.357. The number of nitrogens with one attached hydrogen (secondary N) is 1. The first-order valence-corrected chi connectivity index (χ1v) is 6.54. The largest absolute Gasteiger partial charge is 0.358 e. The lowest BCUT2D eigenvalue weighted by Crippen LogP contribution is -2.15. The Labute approximate surface area is 109 Å². The minimum absolute atomic E-state index is 0.141. The van der Waals surface area contributed by atoms with Gasteiger partial charge >= 0.3 is 0 Å². The molecule has 1 heterocycles. The molecule has 0 spiro atoms.